The van der Waals surface area contributed by atoms with Gasteiger partial charge in [0.15, 0.2) is 0 Å². The monoisotopic (exact) mass is 278 g/mol. The Morgan fingerprint density at radius 2 is 2.10 bits per heavy atom. The van der Waals surface area contributed by atoms with Crippen LogP contribution in [0.3, 0.4) is 0 Å². The SMILES string of the molecule is CCCC1NC(=O)CCN(Cc2ccccc2F)C1=O. The molecule has 0 aromatic heterocycles. The Balaban J connectivity index is 2.15. The van der Waals surface area contributed by atoms with Crippen molar-refractivity contribution < 1.29 is 14.0 Å². The fraction of sp³-hybridized carbons (Fsp3) is 0.467. The first kappa shape index (κ1) is 14.5. The molecule has 0 saturated carbocycles. The number of benzene rings is 1. The molecule has 0 spiro atoms. The molecule has 1 saturated heterocycles. The van der Waals surface area contributed by atoms with E-state index in [1.54, 1.807) is 23.1 Å². The van der Waals surface area contributed by atoms with Crippen molar-refractivity contribution in [1.82, 2.24) is 10.2 Å². The third-order valence-electron chi connectivity index (χ3n) is 3.45. The average molecular weight is 278 g/mol. The quantitative estimate of drug-likeness (QED) is 0.913. The molecule has 1 aromatic carbocycles. The topological polar surface area (TPSA) is 49.4 Å². The highest BCUT2D eigenvalue weighted by molar-refractivity contribution is 5.89. The lowest BCUT2D eigenvalue weighted by Crippen LogP contribution is -2.44. The Kier molecular flexibility index (Phi) is 4.71. The van der Waals surface area contributed by atoms with E-state index in [0.29, 0.717) is 18.5 Å². The molecule has 1 aromatic rings. The molecule has 5 heteroatoms. The Bertz CT molecular complexity index is 504. The number of rotatable bonds is 4. The molecule has 1 unspecified atom stereocenters. The number of hydrogen-bond acceptors (Lipinski definition) is 2. The van der Waals surface area contributed by atoms with E-state index in [2.05, 4.69) is 5.32 Å². The first-order valence-electron chi connectivity index (χ1n) is 6.93. The summed E-state index contributed by atoms with van der Waals surface area (Å²) in [4.78, 5) is 25.6. The van der Waals surface area contributed by atoms with Gasteiger partial charge < -0.3 is 10.2 Å². The van der Waals surface area contributed by atoms with E-state index in [0.717, 1.165) is 6.42 Å². The molecule has 0 aliphatic carbocycles. The molecule has 2 rings (SSSR count). The first-order chi connectivity index (χ1) is 9.61. The number of nitrogens with zero attached hydrogens (tertiary/aromatic N) is 1. The largest absolute Gasteiger partial charge is 0.344 e. The van der Waals surface area contributed by atoms with Gasteiger partial charge in [0.05, 0.1) is 0 Å². The minimum absolute atomic E-state index is 0.118. The number of hydrogen-bond donors (Lipinski definition) is 1. The molecule has 1 aliphatic rings. The van der Waals surface area contributed by atoms with E-state index in [4.69, 9.17) is 0 Å². The van der Waals surface area contributed by atoms with Crippen LogP contribution in [0.2, 0.25) is 0 Å². The lowest BCUT2D eigenvalue weighted by molar-refractivity contribution is -0.134. The van der Waals surface area contributed by atoms with E-state index in [-0.39, 0.29) is 30.6 Å². The Hall–Kier alpha value is -1.91. The molecule has 1 heterocycles. The van der Waals surface area contributed by atoms with E-state index in [1.165, 1.54) is 6.07 Å². The van der Waals surface area contributed by atoms with Crippen molar-refractivity contribution >= 4 is 11.8 Å². The fourth-order valence-electron chi connectivity index (χ4n) is 2.37. The van der Waals surface area contributed by atoms with E-state index < -0.39 is 6.04 Å². The second-order valence-corrected chi connectivity index (χ2v) is 5.01. The van der Waals surface area contributed by atoms with Crippen LogP contribution in [0.25, 0.3) is 0 Å². The summed E-state index contributed by atoms with van der Waals surface area (Å²) in [5, 5.41) is 2.74. The van der Waals surface area contributed by atoms with Gasteiger partial charge in [-0.3, -0.25) is 9.59 Å². The van der Waals surface area contributed by atoms with E-state index in [9.17, 15) is 14.0 Å². The van der Waals surface area contributed by atoms with Crippen molar-refractivity contribution in [2.24, 2.45) is 0 Å². The average Bonchev–Trinajstić information content (AvgIpc) is 2.55. The third-order valence-corrected chi connectivity index (χ3v) is 3.45. The Morgan fingerprint density at radius 1 is 1.35 bits per heavy atom. The molecule has 1 fully saturated rings. The van der Waals surface area contributed by atoms with Crippen molar-refractivity contribution in [1.29, 1.82) is 0 Å². The minimum Gasteiger partial charge on any atom is -0.344 e. The summed E-state index contributed by atoms with van der Waals surface area (Å²) in [7, 11) is 0. The second kappa shape index (κ2) is 6.50. The number of amides is 2. The molecule has 2 amide bonds. The van der Waals surface area contributed by atoms with Gasteiger partial charge >= 0.3 is 0 Å². The van der Waals surface area contributed by atoms with Crippen LogP contribution >= 0.6 is 0 Å². The third kappa shape index (κ3) is 3.35. The summed E-state index contributed by atoms with van der Waals surface area (Å²) >= 11 is 0. The highest BCUT2D eigenvalue weighted by Gasteiger charge is 2.29. The lowest BCUT2D eigenvalue weighted by atomic mass is 10.1. The number of carbonyl (C=O) groups is 2. The van der Waals surface area contributed by atoms with Gasteiger partial charge in [0.2, 0.25) is 11.8 Å². The predicted molar refractivity (Wildman–Crippen MR) is 73.3 cm³/mol. The second-order valence-electron chi connectivity index (χ2n) is 5.01. The van der Waals surface area contributed by atoms with Crippen LogP contribution in [0.4, 0.5) is 4.39 Å². The molecule has 1 aliphatic heterocycles. The molecule has 1 atom stereocenters. The van der Waals surface area contributed by atoms with Crippen molar-refractivity contribution in [3.05, 3.63) is 35.6 Å². The molecule has 1 N–H and O–H groups in total. The summed E-state index contributed by atoms with van der Waals surface area (Å²) < 4.78 is 13.7. The number of carbonyl (C=O) groups excluding carboxylic acids is 2. The molecule has 108 valence electrons. The van der Waals surface area contributed by atoms with Gasteiger partial charge in [-0.2, -0.15) is 0 Å². The summed E-state index contributed by atoms with van der Waals surface area (Å²) in [5.74, 6) is -0.565. The van der Waals surface area contributed by atoms with Crippen LogP contribution in [-0.4, -0.2) is 29.3 Å². The molecule has 0 radical (unpaired) electrons. The maximum absolute atomic E-state index is 13.7. The molecule has 0 bridgehead atoms. The maximum Gasteiger partial charge on any atom is 0.245 e. The highest BCUT2D eigenvalue weighted by Crippen LogP contribution is 2.14. The van der Waals surface area contributed by atoms with Crippen molar-refractivity contribution in [3.8, 4) is 0 Å². The smallest absolute Gasteiger partial charge is 0.245 e. The van der Waals surface area contributed by atoms with Crippen LogP contribution in [-0.2, 0) is 16.1 Å². The van der Waals surface area contributed by atoms with Gasteiger partial charge in [-0.05, 0) is 12.5 Å². The van der Waals surface area contributed by atoms with Gasteiger partial charge in [0.1, 0.15) is 11.9 Å². The Morgan fingerprint density at radius 3 is 2.80 bits per heavy atom. The summed E-state index contributed by atoms with van der Waals surface area (Å²) in [5.41, 5.74) is 0.477. The highest BCUT2D eigenvalue weighted by atomic mass is 19.1. The van der Waals surface area contributed by atoms with Crippen molar-refractivity contribution in [3.63, 3.8) is 0 Å². The zero-order valence-corrected chi connectivity index (χ0v) is 11.6. The van der Waals surface area contributed by atoms with Crippen molar-refractivity contribution in [2.45, 2.75) is 38.8 Å². The summed E-state index contributed by atoms with van der Waals surface area (Å²) in [6, 6.07) is 5.92. The van der Waals surface area contributed by atoms with Crippen LogP contribution in [0, 0.1) is 5.82 Å². The molecule has 4 nitrogen and oxygen atoms in total. The zero-order chi connectivity index (χ0) is 14.5. The Labute approximate surface area is 118 Å². The van der Waals surface area contributed by atoms with Gasteiger partial charge in [0.25, 0.3) is 0 Å². The van der Waals surface area contributed by atoms with E-state index >= 15 is 0 Å². The van der Waals surface area contributed by atoms with Crippen LogP contribution in [0.15, 0.2) is 24.3 Å². The lowest BCUT2D eigenvalue weighted by Gasteiger charge is -2.24. The van der Waals surface area contributed by atoms with E-state index in [1.807, 2.05) is 6.92 Å². The standard InChI is InChI=1S/C15H19FN2O2/c1-2-5-13-15(20)18(9-8-14(19)17-13)10-11-6-3-4-7-12(11)16/h3-4,6-7,13H,2,5,8-10H2,1H3,(H,17,19). The fourth-order valence-corrected chi connectivity index (χ4v) is 2.37. The molecular weight excluding hydrogens is 259 g/mol. The van der Waals surface area contributed by atoms with Gasteiger partial charge in [-0.15, -0.1) is 0 Å². The first-order valence-corrected chi connectivity index (χ1v) is 6.93. The zero-order valence-electron chi connectivity index (χ0n) is 11.6. The van der Waals surface area contributed by atoms with Gasteiger partial charge in [0, 0.05) is 25.1 Å². The van der Waals surface area contributed by atoms with Gasteiger partial charge in [-0.25, -0.2) is 4.39 Å². The molecule has 20 heavy (non-hydrogen) atoms. The maximum atomic E-state index is 13.7. The number of nitrogens with one attached hydrogen (secondary N) is 1. The van der Waals surface area contributed by atoms with Crippen LogP contribution < -0.4 is 5.32 Å². The normalized spacial score (nSPS) is 19.7. The summed E-state index contributed by atoms with van der Waals surface area (Å²) in [6.45, 7) is 2.51. The van der Waals surface area contributed by atoms with Gasteiger partial charge in [-0.1, -0.05) is 31.5 Å². The molecular formula is C15H19FN2O2. The minimum atomic E-state index is -0.484. The van der Waals surface area contributed by atoms with Crippen LogP contribution in [0.1, 0.15) is 31.7 Å². The number of halogens is 1. The van der Waals surface area contributed by atoms with Crippen LogP contribution in [0.5, 0.6) is 0 Å². The predicted octanol–water partition coefficient (Wildman–Crippen LogP) is 1.84. The summed E-state index contributed by atoms with van der Waals surface area (Å²) in [6.07, 6.45) is 1.68. The van der Waals surface area contributed by atoms with Crippen molar-refractivity contribution in [2.75, 3.05) is 6.54 Å².